The van der Waals surface area contributed by atoms with E-state index in [1.807, 2.05) is 13.1 Å². The maximum absolute atomic E-state index is 5.96. The largest absolute Gasteiger partial charge is 0.373 e. The minimum Gasteiger partial charge on any atom is -0.373 e. The molecule has 1 aliphatic heterocycles. The van der Waals surface area contributed by atoms with Gasteiger partial charge in [0.05, 0.1) is 12.1 Å². The van der Waals surface area contributed by atoms with Gasteiger partial charge in [-0.15, -0.1) is 35.3 Å². The molecule has 2 aromatic rings. The summed E-state index contributed by atoms with van der Waals surface area (Å²) in [5, 5.41) is 9.02. The number of nitrogens with one attached hydrogen (secondary N) is 2. The van der Waals surface area contributed by atoms with E-state index in [2.05, 4.69) is 64.3 Å². The summed E-state index contributed by atoms with van der Waals surface area (Å²) in [6.07, 6.45) is 1.25. The van der Waals surface area contributed by atoms with Crippen molar-refractivity contribution in [2.75, 3.05) is 20.2 Å². The summed E-state index contributed by atoms with van der Waals surface area (Å²) in [5.41, 5.74) is 1.26. The molecule has 25 heavy (non-hydrogen) atoms. The van der Waals surface area contributed by atoms with Crippen molar-refractivity contribution < 1.29 is 4.74 Å². The molecule has 2 N–H and O–H groups in total. The molecule has 0 radical (unpaired) electrons. The maximum atomic E-state index is 5.96. The van der Waals surface area contributed by atoms with E-state index in [1.165, 1.54) is 10.4 Å². The fourth-order valence-electron chi connectivity index (χ4n) is 3.09. The van der Waals surface area contributed by atoms with E-state index in [1.54, 1.807) is 11.3 Å². The van der Waals surface area contributed by atoms with E-state index >= 15 is 0 Å². The topological polar surface area (TPSA) is 45.7 Å². The molecule has 1 aromatic heterocycles. The Labute approximate surface area is 171 Å². The summed E-state index contributed by atoms with van der Waals surface area (Å²) in [5.74, 6) is 1.30. The lowest BCUT2D eigenvalue weighted by atomic mass is 9.95. The Morgan fingerprint density at radius 2 is 2.08 bits per heavy atom. The van der Waals surface area contributed by atoms with Gasteiger partial charge in [-0.1, -0.05) is 36.4 Å². The summed E-state index contributed by atoms with van der Waals surface area (Å²) in [6.45, 7) is 3.84. The molecule has 1 saturated heterocycles. The Kier molecular flexibility index (Phi) is 8.18. The van der Waals surface area contributed by atoms with E-state index < -0.39 is 0 Å². The number of thiophene rings is 1. The lowest BCUT2D eigenvalue weighted by Gasteiger charge is -2.22. The highest BCUT2D eigenvalue weighted by molar-refractivity contribution is 14.0. The zero-order valence-electron chi connectivity index (χ0n) is 14.6. The van der Waals surface area contributed by atoms with Crippen molar-refractivity contribution in [2.45, 2.75) is 25.5 Å². The molecular weight excluding hydrogens is 445 g/mol. The van der Waals surface area contributed by atoms with Crippen molar-refractivity contribution in [1.29, 1.82) is 0 Å². The minimum absolute atomic E-state index is 0. The molecule has 3 rings (SSSR count). The molecule has 6 heteroatoms. The average Bonchev–Trinajstić information content (AvgIpc) is 3.30. The van der Waals surface area contributed by atoms with E-state index in [4.69, 9.17) is 4.74 Å². The normalized spacial score (nSPS) is 21.4. The van der Waals surface area contributed by atoms with Gasteiger partial charge in [0, 0.05) is 31.0 Å². The van der Waals surface area contributed by atoms with Gasteiger partial charge in [-0.3, -0.25) is 4.99 Å². The number of ether oxygens (including phenoxy) is 1. The van der Waals surface area contributed by atoms with Crippen molar-refractivity contribution in [3.63, 3.8) is 0 Å². The van der Waals surface area contributed by atoms with Crippen LogP contribution in [0, 0.1) is 5.92 Å². The van der Waals surface area contributed by atoms with Crippen LogP contribution in [0.3, 0.4) is 0 Å². The van der Waals surface area contributed by atoms with E-state index in [9.17, 15) is 0 Å². The minimum atomic E-state index is 0. The second-order valence-electron chi connectivity index (χ2n) is 6.09. The Bertz CT molecular complexity index is 648. The van der Waals surface area contributed by atoms with Crippen LogP contribution in [0.4, 0.5) is 0 Å². The third kappa shape index (κ3) is 5.43. The number of halogens is 1. The van der Waals surface area contributed by atoms with Crippen LogP contribution in [0.5, 0.6) is 0 Å². The van der Waals surface area contributed by atoms with Crippen LogP contribution in [-0.2, 0) is 4.74 Å². The van der Waals surface area contributed by atoms with Gasteiger partial charge in [0.2, 0.25) is 0 Å². The molecule has 3 atom stereocenters. The molecule has 0 aliphatic carbocycles. The van der Waals surface area contributed by atoms with Crippen LogP contribution in [0.25, 0.3) is 0 Å². The fraction of sp³-hybridized carbons (Fsp3) is 0.421. The molecular formula is C19H26IN3OS. The maximum Gasteiger partial charge on any atom is 0.191 e. The highest BCUT2D eigenvalue weighted by Gasteiger charge is 2.29. The zero-order chi connectivity index (χ0) is 16.8. The molecule has 0 amide bonds. The summed E-state index contributed by atoms with van der Waals surface area (Å²) in [4.78, 5) is 5.66. The van der Waals surface area contributed by atoms with Crippen LogP contribution in [0.1, 0.15) is 35.9 Å². The van der Waals surface area contributed by atoms with Gasteiger partial charge >= 0.3 is 0 Å². The van der Waals surface area contributed by atoms with Crippen molar-refractivity contribution in [1.82, 2.24) is 10.6 Å². The van der Waals surface area contributed by atoms with Gasteiger partial charge < -0.3 is 15.4 Å². The summed E-state index contributed by atoms with van der Waals surface area (Å²) in [6, 6.07) is 15.0. The second kappa shape index (κ2) is 10.1. The van der Waals surface area contributed by atoms with Crippen LogP contribution in [0.2, 0.25) is 0 Å². The van der Waals surface area contributed by atoms with Gasteiger partial charge in [0.1, 0.15) is 0 Å². The molecule has 0 spiro atoms. The summed E-state index contributed by atoms with van der Waals surface area (Å²) < 4.78 is 5.96. The first-order valence-electron chi connectivity index (χ1n) is 8.45. The SMILES string of the molecule is CN=C(NCC1CCOC1c1ccccc1)NC(C)c1cccs1.I. The standard InChI is InChI=1S/C19H25N3OS.HI/c1-14(17-9-6-12-24-17)22-19(20-2)21-13-16-10-11-23-18(16)15-7-4-3-5-8-15;/h3-9,12,14,16,18H,10-11,13H2,1-2H3,(H2,20,21,22);1H. The Morgan fingerprint density at radius 1 is 1.28 bits per heavy atom. The lowest BCUT2D eigenvalue weighted by Crippen LogP contribution is -2.41. The number of benzene rings is 1. The predicted octanol–water partition coefficient (Wildman–Crippen LogP) is 4.37. The monoisotopic (exact) mass is 471 g/mol. The highest BCUT2D eigenvalue weighted by Crippen LogP contribution is 2.33. The van der Waals surface area contributed by atoms with Gasteiger partial charge in [0.25, 0.3) is 0 Å². The summed E-state index contributed by atoms with van der Waals surface area (Å²) >= 11 is 1.76. The van der Waals surface area contributed by atoms with Gasteiger partial charge in [0.15, 0.2) is 5.96 Å². The van der Waals surface area contributed by atoms with Gasteiger partial charge in [-0.25, -0.2) is 0 Å². The van der Waals surface area contributed by atoms with E-state index in [-0.39, 0.29) is 36.1 Å². The first-order chi connectivity index (χ1) is 11.8. The van der Waals surface area contributed by atoms with Crippen LogP contribution in [-0.4, -0.2) is 26.2 Å². The number of aliphatic imine (C=N–C) groups is 1. The third-order valence-electron chi connectivity index (χ3n) is 4.42. The molecule has 3 unspecified atom stereocenters. The number of hydrogen-bond donors (Lipinski definition) is 2. The van der Waals surface area contributed by atoms with E-state index in [0.29, 0.717) is 5.92 Å². The molecule has 0 saturated carbocycles. The number of hydrogen-bond acceptors (Lipinski definition) is 3. The quantitative estimate of drug-likeness (QED) is 0.387. The molecule has 1 fully saturated rings. The fourth-order valence-corrected chi connectivity index (χ4v) is 3.82. The number of guanidine groups is 1. The van der Waals surface area contributed by atoms with Gasteiger partial charge in [-0.05, 0) is 30.4 Å². The Hall–Kier alpha value is -1.12. The first-order valence-corrected chi connectivity index (χ1v) is 9.33. The molecule has 4 nitrogen and oxygen atoms in total. The lowest BCUT2D eigenvalue weighted by molar-refractivity contribution is 0.0915. The number of nitrogens with zero attached hydrogens (tertiary/aromatic N) is 1. The number of rotatable bonds is 5. The molecule has 0 bridgehead atoms. The van der Waals surface area contributed by atoms with Crippen molar-refractivity contribution in [2.24, 2.45) is 10.9 Å². The van der Waals surface area contributed by atoms with Crippen molar-refractivity contribution in [3.8, 4) is 0 Å². The summed E-state index contributed by atoms with van der Waals surface area (Å²) in [7, 11) is 1.82. The Morgan fingerprint density at radius 3 is 2.76 bits per heavy atom. The van der Waals surface area contributed by atoms with Crippen molar-refractivity contribution >= 4 is 41.3 Å². The average molecular weight is 471 g/mol. The van der Waals surface area contributed by atoms with Crippen LogP contribution < -0.4 is 10.6 Å². The zero-order valence-corrected chi connectivity index (χ0v) is 17.8. The third-order valence-corrected chi connectivity index (χ3v) is 5.48. The van der Waals surface area contributed by atoms with Crippen molar-refractivity contribution in [3.05, 3.63) is 58.3 Å². The second-order valence-corrected chi connectivity index (χ2v) is 7.06. The molecule has 1 aromatic carbocycles. The van der Waals surface area contributed by atoms with Gasteiger partial charge in [-0.2, -0.15) is 0 Å². The predicted molar refractivity (Wildman–Crippen MR) is 116 cm³/mol. The first kappa shape index (κ1) is 20.2. The molecule has 1 aliphatic rings. The molecule has 2 heterocycles. The highest BCUT2D eigenvalue weighted by atomic mass is 127. The van der Waals surface area contributed by atoms with E-state index in [0.717, 1.165) is 25.5 Å². The van der Waals surface area contributed by atoms with Crippen LogP contribution in [0.15, 0.2) is 52.8 Å². The van der Waals surface area contributed by atoms with Crippen LogP contribution >= 0.6 is 35.3 Å². The Balaban J connectivity index is 0.00000225. The molecule has 136 valence electrons. The smallest absolute Gasteiger partial charge is 0.191 e.